The molecular weight excluding hydrogens is 609 g/mol. The molecule has 0 amide bonds. The first-order valence-electron chi connectivity index (χ1n) is 5.89. The van der Waals surface area contributed by atoms with Gasteiger partial charge in [-0.05, 0) is 57.3 Å². The SMILES string of the molecule is COCOc1c(I)cc(OC(C(F)(F)F)C(F)(F)S(=O)(=O)[O-])cc1I. The van der Waals surface area contributed by atoms with Gasteiger partial charge in [-0.3, -0.25) is 0 Å². The number of halogens is 7. The Labute approximate surface area is 166 Å². The minimum absolute atomic E-state index is 0.177. The van der Waals surface area contributed by atoms with Gasteiger partial charge in [0.2, 0.25) is 0 Å². The molecule has 0 heterocycles. The molecule has 0 aliphatic heterocycles. The summed E-state index contributed by atoms with van der Waals surface area (Å²) in [5, 5.41) is -5.71. The number of hydrogen-bond donors (Lipinski definition) is 0. The van der Waals surface area contributed by atoms with Crippen LogP contribution in [-0.4, -0.2) is 44.4 Å². The van der Waals surface area contributed by atoms with Crippen molar-refractivity contribution in [2.24, 2.45) is 0 Å². The van der Waals surface area contributed by atoms with E-state index in [1.165, 1.54) is 7.11 Å². The summed E-state index contributed by atoms with van der Waals surface area (Å²) in [7, 11) is -5.29. The highest BCUT2D eigenvalue weighted by Gasteiger charge is 2.62. The van der Waals surface area contributed by atoms with Crippen LogP contribution in [0.5, 0.6) is 11.5 Å². The van der Waals surface area contributed by atoms with E-state index in [2.05, 4.69) is 9.47 Å². The molecule has 0 aromatic heterocycles. The van der Waals surface area contributed by atoms with Crippen LogP contribution in [-0.2, 0) is 14.9 Å². The van der Waals surface area contributed by atoms with Gasteiger partial charge in [0.15, 0.2) is 16.9 Å². The third-order valence-electron chi connectivity index (χ3n) is 2.48. The van der Waals surface area contributed by atoms with Crippen LogP contribution in [0.25, 0.3) is 0 Å². The average molecular weight is 617 g/mol. The molecule has 1 unspecified atom stereocenters. The highest BCUT2D eigenvalue weighted by atomic mass is 127. The monoisotopic (exact) mass is 617 g/mol. The van der Waals surface area contributed by atoms with Gasteiger partial charge in [0.25, 0.3) is 6.10 Å². The van der Waals surface area contributed by atoms with Crippen molar-refractivity contribution in [3.05, 3.63) is 19.3 Å². The Bertz CT molecular complexity index is 701. The van der Waals surface area contributed by atoms with Gasteiger partial charge in [0.1, 0.15) is 11.5 Å². The summed E-state index contributed by atoms with van der Waals surface area (Å²) in [5.41, 5.74) is 0. The van der Waals surface area contributed by atoms with Crippen LogP contribution in [0, 0.1) is 7.14 Å². The zero-order valence-corrected chi connectivity index (χ0v) is 17.1. The third-order valence-corrected chi connectivity index (χ3v) is 4.97. The Morgan fingerprint density at radius 3 is 2.00 bits per heavy atom. The minimum Gasteiger partial charge on any atom is -0.743 e. The lowest BCUT2D eigenvalue weighted by Crippen LogP contribution is -2.53. The van der Waals surface area contributed by atoms with E-state index in [4.69, 9.17) is 4.74 Å². The Balaban J connectivity index is 3.28. The van der Waals surface area contributed by atoms with Gasteiger partial charge in [-0.2, -0.15) is 22.0 Å². The number of benzene rings is 1. The van der Waals surface area contributed by atoms with E-state index in [1.807, 2.05) is 0 Å². The highest BCUT2D eigenvalue weighted by molar-refractivity contribution is 14.1. The van der Waals surface area contributed by atoms with E-state index in [-0.39, 0.29) is 19.7 Å². The van der Waals surface area contributed by atoms with Crippen LogP contribution in [0.15, 0.2) is 12.1 Å². The summed E-state index contributed by atoms with van der Waals surface area (Å²) >= 11 is 3.28. The second kappa shape index (κ2) is 8.22. The normalized spacial score (nSPS) is 14.3. The van der Waals surface area contributed by atoms with Crippen molar-refractivity contribution < 1.29 is 49.1 Å². The quantitative estimate of drug-likeness (QED) is 0.202. The zero-order chi connectivity index (χ0) is 19.6. The lowest BCUT2D eigenvalue weighted by atomic mass is 10.3. The predicted molar refractivity (Wildman–Crippen MR) is 89.5 cm³/mol. The standard InChI is InChI=1S/C11H9F5I2O6S/c1-22-4-23-8-6(17)2-5(3-7(8)18)24-9(10(12,13)14)11(15,16)25(19,20)21/h2-3,9H,4H2,1H3,(H,19,20,21)/p-1. The van der Waals surface area contributed by atoms with Gasteiger partial charge < -0.3 is 18.8 Å². The number of rotatable bonds is 7. The van der Waals surface area contributed by atoms with Gasteiger partial charge in [-0.25, -0.2) is 8.42 Å². The smallest absolute Gasteiger partial charge is 0.432 e. The van der Waals surface area contributed by atoms with Gasteiger partial charge >= 0.3 is 11.4 Å². The van der Waals surface area contributed by atoms with Crippen LogP contribution in [0.2, 0.25) is 0 Å². The topological polar surface area (TPSA) is 84.9 Å². The molecule has 0 saturated heterocycles. The Morgan fingerprint density at radius 2 is 1.64 bits per heavy atom. The molecule has 0 saturated carbocycles. The molecule has 14 heteroatoms. The molecular formula is C11H8F5I2O6S-. The molecule has 1 aromatic rings. The molecule has 1 atom stereocenters. The fourth-order valence-electron chi connectivity index (χ4n) is 1.45. The summed E-state index contributed by atoms with van der Waals surface area (Å²) in [4.78, 5) is 0. The first-order chi connectivity index (χ1) is 11.2. The molecule has 0 aliphatic rings. The molecule has 1 rings (SSSR count). The summed E-state index contributed by atoms with van der Waals surface area (Å²) in [5.74, 6) is -0.522. The van der Waals surface area contributed by atoms with Crippen molar-refractivity contribution in [1.29, 1.82) is 0 Å². The molecule has 0 N–H and O–H groups in total. The van der Waals surface area contributed by atoms with Crippen LogP contribution < -0.4 is 9.47 Å². The van der Waals surface area contributed by atoms with E-state index in [9.17, 15) is 34.9 Å². The van der Waals surface area contributed by atoms with E-state index in [0.717, 1.165) is 12.1 Å². The maximum absolute atomic E-state index is 13.4. The molecule has 1 aromatic carbocycles. The Kier molecular flexibility index (Phi) is 7.51. The zero-order valence-electron chi connectivity index (χ0n) is 11.9. The van der Waals surface area contributed by atoms with Crippen molar-refractivity contribution in [2.75, 3.05) is 13.9 Å². The lowest BCUT2D eigenvalue weighted by molar-refractivity contribution is -0.239. The number of hydrogen-bond acceptors (Lipinski definition) is 6. The summed E-state index contributed by atoms with van der Waals surface area (Å²) in [6.07, 6.45) is -9.98. The molecule has 0 spiro atoms. The first kappa shape index (κ1) is 22.8. The first-order valence-corrected chi connectivity index (χ1v) is 9.45. The number of alkyl halides is 5. The fourth-order valence-corrected chi connectivity index (χ4v) is 3.92. The van der Waals surface area contributed by atoms with Crippen LogP contribution in [0.3, 0.4) is 0 Å². The minimum atomic E-state index is -6.62. The van der Waals surface area contributed by atoms with E-state index in [0.29, 0.717) is 0 Å². The van der Waals surface area contributed by atoms with Crippen molar-refractivity contribution >= 4 is 55.3 Å². The second-order valence-corrected chi connectivity index (χ2v) is 8.10. The van der Waals surface area contributed by atoms with Crippen LogP contribution in [0.4, 0.5) is 22.0 Å². The second-order valence-electron chi connectivity index (χ2n) is 4.32. The number of ether oxygens (including phenoxy) is 3. The van der Waals surface area contributed by atoms with Crippen LogP contribution in [0.1, 0.15) is 0 Å². The summed E-state index contributed by atoms with van der Waals surface area (Å²) < 4.78 is 111. The average Bonchev–Trinajstić information content (AvgIpc) is 2.41. The third kappa shape index (κ3) is 5.64. The molecule has 0 bridgehead atoms. The molecule has 144 valence electrons. The predicted octanol–water partition coefficient (Wildman–Crippen LogP) is 3.33. The van der Waals surface area contributed by atoms with Crippen molar-refractivity contribution in [3.63, 3.8) is 0 Å². The summed E-state index contributed by atoms with van der Waals surface area (Å²) in [6, 6.07) is 1.83. The van der Waals surface area contributed by atoms with E-state index >= 15 is 0 Å². The van der Waals surface area contributed by atoms with Crippen LogP contribution >= 0.6 is 45.2 Å². The highest BCUT2D eigenvalue weighted by Crippen LogP contribution is 2.40. The maximum Gasteiger partial charge on any atom is 0.432 e. The molecule has 0 radical (unpaired) electrons. The Hall–Kier alpha value is -0.200. The Morgan fingerprint density at radius 1 is 1.16 bits per heavy atom. The molecule has 0 fully saturated rings. The van der Waals surface area contributed by atoms with Gasteiger partial charge in [0, 0.05) is 7.11 Å². The molecule has 6 nitrogen and oxygen atoms in total. The van der Waals surface area contributed by atoms with Gasteiger partial charge in [0.05, 0.1) is 7.14 Å². The van der Waals surface area contributed by atoms with Crippen molar-refractivity contribution in [2.45, 2.75) is 17.5 Å². The maximum atomic E-state index is 13.4. The molecule has 0 aliphatic carbocycles. The van der Waals surface area contributed by atoms with E-state index in [1.54, 1.807) is 45.2 Å². The summed E-state index contributed by atoms with van der Waals surface area (Å²) in [6.45, 7) is -0.177. The van der Waals surface area contributed by atoms with Crippen molar-refractivity contribution in [3.8, 4) is 11.5 Å². The van der Waals surface area contributed by atoms with Gasteiger partial charge in [-0.1, -0.05) is 0 Å². The fraction of sp³-hybridized carbons (Fsp3) is 0.455. The van der Waals surface area contributed by atoms with E-state index < -0.39 is 33.4 Å². The largest absolute Gasteiger partial charge is 0.743 e. The van der Waals surface area contributed by atoms with Gasteiger partial charge in [-0.15, -0.1) is 0 Å². The number of methoxy groups -OCH3 is 1. The lowest BCUT2D eigenvalue weighted by Gasteiger charge is -2.30. The van der Waals surface area contributed by atoms with Crippen molar-refractivity contribution in [1.82, 2.24) is 0 Å². The molecule has 25 heavy (non-hydrogen) atoms.